The predicted octanol–water partition coefficient (Wildman–Crippen LogP) is 2.34. The van der Waals surface area contributed by atoms with Gasteiger partial charge in [-0.1, -0.05) is 6.08 Å². The number of unbranched alkanes of at least 4 members (excludes halogenated alkanes) is 1. The lowest BCUT2D eigenvalue weighted by atomic mass is 10.3. The Morgan fingerprint density at radius 3 is 2.43 bits per heavy atom. The van der Waals surface area contributed by atoms with Crippen molar-refractivity contribution in [3.8, 4) is 0 Å². The van der Waals surface area contributed by atoms with Gasteiger partial charge in [0.2, 0.25) is 10.0 Å². The molecule has 0 saturated carbocycles. The summed E-state index contributed by atoms with van der Waals surface area (Å²) in [6.07, 6.45) is 2.84. The van der Waals surface area contributed by atoms with Crippen molar-refractivity contribution in [3.63, 3.8) is 0 Å². The van der Waals surface area contributed by atoms with E-state index >= 15 is 0 Å². The second-order valence-corrected chi connectivity index (χ2v) is 8.87. The fraction of sp³-hybridized carbons (Fsp3) is 0.333. The van der Waals surface area contributed by atoms with Crippen LogP contribution in [0, 0.1) is 5.82 Å². The van der Waals surface area contributed by atoms with Gasteiger partial charge in [-0.25, -0.2) is 25.5 Å². The largest absolute Gasteiger partial charge is 0.261 e. The first-order valence-corrected chi connectivity index (χ1v) is 9.67. The first kappa shape index (κ1) is 18.1. The van der Waals surface area contributed by atoms with Gasteiger partial charge in [-0.2, -0.15) is 0 Å². The molecule has 0 fully saturated rings. The maximum atomic E-state index is 13.9. The van der Waals surface area contributed by atoms with Gasteiger partial charge in [0.05, 0.1) is 4.90 Å². The summed E-state index contributed by atoms with van der Waals surface area (Å²) in [7, 11) is -1.73. The Morgan fingerprint density at radius 1 is 1.33 bits per heavy atom. The van der Waals surface area contributed by atoms with Gasteiger partial charge >= 0.3 is 0 Å². The topological polar surface area (TPSA) is 71.5 Å². The standard InChI is InChI=1S/C12H15ClFNO4S2/c1-3-4-5-8-15(2)21(18,19)12-7-6-10(9-11(12)14)20(13,16)17/h3,6-7,9H,1,4-5,8H2,2H3. The zero-order valence-electron chi connectivity index (χ0n) is 11.3. The summed E-state index contributed by atoms with van der Waals surface area (Å²) in [4.78, 5) is -1.08. The summed E-state index contributed by atoms with van der Waals surface area (Å²) in [5.41, 5.74) is 0. The molecule has 0 bridgehead atoms. The Bertz CT molecular complexity index is 732. The molecule has 21 heavy (non-hydrogen) atoms. The minimum absolute atomic E-state index is 0.198. The predicted molar refractivity (Wildman–Crippen MR) is 78.7 cm³/mol. The second-order valence-electron chi connectivity index (χ2n) is 4.29. The van der Waals surface area contributed by atoms with E-state index in [2.05, 4.69) is 6.58 Å². The van der Waals surface area contributed by atoms with Crippen LogP contribution in [0.15, 0.2) is 40.6 Å². The van der Waals surface area contributed by atoms with Crippen LogP contribution in [0.2, 0.25) is 0 Å². The van der Waals surface area contributed by atoms with Crippen LogP contribution < -0.4 is 0 Å². The summed E-state index contributed by atoms with van der Waals surface area (Å²) in [5, 5.41) is 0. The van der Waals surface area contributed by atoms with E-state index in [1.807, 2.05) is 0 Å². The van der Waals surface area contributed by atoms with Crippen molar-refractivity contribution in [2.24, 2.45) is 0 Å². The number of rotatable bonds is 7. The fourth-order valence-electron chi connectivity index (χ4n) is 1.59. The zero-order chi connectivity index (χ0) is 16.3. The van der Waals surface area contributed by atoms with E-state index in [0.717, 1.165) is 16.4 Å². The normalized spacial score (nSPS) is 12.6. The first-order chi connectivity index (χ1) is 9.60. The van der Waals surface area contributed by atoms with Crippen LogP contribution in [-0.4, -0.2) is 34.7 Å². The van der Waals surface area contributed by atoms with Crippen molar-refractivity contribution in [1.29, 1.82) is 0 Å². The van der Waals surface area contributed by atoms with E-state index < -0.39 is 34.7 Å². The first-order valence-electron chi connectivity index (χ1n) is 5.92. The smallest absolute Gasteiger partial charge is 0.207 e. The maximum Gasteiger partial charge on any atom is 0.261 e. The van der Waals surface area contributed by atoms with Gasteiger partial charge in [-0.15, -0.1) is 6.58 Å². The Morgan fingerprint density at radius 2 is 1.95 bits per heavy atom. The lowest BCUT2D eigenvalue weighted by Crippen LogP contribution is -2.28. The van der Waals surface area contributed by atoms with Crippen molar-refractivity contribution in [2.45, 2.75) is 22.6 Å². The molecule has 0 amide bonds. The van der Waals surface area contributed by atoms with Crippen LogP contribution in [-0.2, 0) is 19.1 Å². The van der Waals surface area contributed by atoms with Gasteiger partial charge in [0.1, 0.15) is 10.7 Å². The molecule has 0 saturated heterocycles. The van der Waals surface area contributed by atoms with E-state index in [0.29, 0.717) is 18.9 Å². The van der Waals surface area contributed by atoms with Crippen LogP contribution in [0.3, 0.4) is 0 Å². The van der Waals surface area contributed by atoms with Gasteiger partial charge in [0.25, 0.3) is 9.05 Å². The van der Waals surface area contributed by atoms with Crippen LogP contribution in [0.5, 0.6) is 0 Å². The van der Waals surface area contributed by atoms with Crippen molar-refractivity contribution < 1.29 is 21.2 Å². The summed E-state index contributed by atoms with van der Waals surface area (Å²) < 4.78 is 61.4. The molecule has 0 heterocycles. The summed E-state index contributed by atoms with van der Waals surface area (Å²) >= 11 is 0. The lowest BCUT2D eigenvalue weighted by molar-refractivity contribution is 0.456. The summed E-state index contributed by atoms with van der Waals surface area (Å²) in [5.74, 6) is -1.16. The third kappa shape index (κ3) is 4.50. The van der Waals surface area contributed by atoms with E-state index in [1.54, 1.807) is 6.08 Å². The molecule has 0 aliphatic carbocycles. The fourth-order valence-corrected chi connectivity index (χ4v) is 3.60. The zero-order valence-corrected chi connectivity index (χ0v) is 13.7. The average Bonchev–Trinajstić information content (AvgIpc) is 2.37. The highest BCUT2D eigenvalue weighted by atomic mass is 35.7. The molecule has 0 aliphatic heterocycles. The highest BCUT2D eigenvalue weighted by Crippen LogP contribution is 2.23. The van der Waals surface area contributed by atoms with E-state index in [4.69, 9.17) is 10.7 Å². The quantitative estimate of drug-likeness (QED) is 0.427. The number of hydrogen-bond donors (Lipinski definition) is 0. The Labute approximate surface area is 128 Å². The van der Waals surface area contributed by atoms with Crippen molar-refractivity contribution in [3.05, 3.63) is 36.7 Å². The molecule has 1 rings (SSSR count). The summed E-state index contributed by atoms with van der Waals surface area (Å²) in [6, 6.07) is 2.44. The molecule has 0 aromatic heterocycles. The van der Waals surface area contributed by atoms with Crippen molar-refractivity contribution in [1.82, 2.24) is 4.31 Å². The number of allylic oxidation sites excluding steroid dienone is 1. The molecule has 0 unspecified atom stereocenters. The molecule has 0 spiro atoms. The molecule has 5 nitrogen and oxygen atoms in total. The van der Waals surface area contributed by atoms with Crippen LogP contribution in [0.4, 0.5) is 4.39 Å². The van der Waals surface area contributed by atoms with Gasteiger partial charge < -0.3 is 0 Å². The molecular formula is C12H15ClFNO4S2. The molecule has 0 radical (unpaired) electrons. The van der Waals surface area contributed by atoms with Crippen LogP contribution in [0.25, 0.3) is 0 Å². The molecule has 118 valence electrons. The van der Waals surface area contributed by atoms with E-state index in [9.17, 15) is 21.2 Å². The SMILES string of the molecule is C=CCCCN(C)S(=O)(=O)c1ccc(S(=O)(=O)Cl)cc1F. The molecular weight excluding hydrogens is 341 g/mol. The van der Waals surface area contributed by atoms with Gasteiger partial charge in [0, 0.05) is 24.3 Å². The molecule has 0 aliphatic rings. The highest BCUT2D eigenvalue weighted by molar-refractivity contribution is 8.13. The minimum atomic E-state index is -4.11. The second kappa shape index (κ2) is 6.87. The number of nitrogens with zero attached hydrogens (tertiary/aromatic N) is 1. The number of sulfonamides is 1. The number of halogens is 2. The Balaban J connectivity index is 3.12. The molecule has 1 aromatic rings. The van der Waals surface area contributed by atoms with Crippen LogP contribution in [0.1, 0.15) is 12.8 Å². The lowest BCUT2D eigenvalue weighted by Gasteiger charge is -2.17. The third-order valence-electron chi connectivity index (χ3n) is 2.75. The molecule has 1 aromatic carbocycles. The van der Waals surface area contributed by atoms with Gasteiger partial charge in [-0.3, -0.25) is 0 Å². The maximum absolute atomic E-state index is 13.9. The van der Waals surface area contributed by atoms with Gasteiger partial charge in [0.15, 0.2) is 0 Å². The molecule has 0 N–H and O–H groups in total. The van der Waals surface area contributed by atoms with Gasteiger partial charge in [-0.05, 0) is 31.0 Å². The highest BCUT2D eigenvalue weighted by Gasteiger charge is 2.25. The van der Waals surface area contributed by atoms with E-state index in [1.165, 1.54) is 7.05 Å². The van der Waals surface area contributed by atoms with E-state index in [-0.39, 0.29) is 6.54 Å². The Kier molecular flexibility index (Phi) is 5.92. The monoisotopic (exact) mass is 355 g/mol. The number of benzene rings is 1. The summed E-state index contributed by atoms with van der Waals surface area (Å²) in [6.45, 7) is 3.73. The average molecular weight is 356 g/mol. The molecule has 0 atom stereocenters. The molecule has 9 heteroatoms. The number of hydrogen-bond acceptors (Lipinski definition) is 4. The minimum Gasteiger partial charge on any atom is -0.207 e. The van der Waals surface area contributed by atoms with Crippen molar-refractivity contribution >= 4 is 29.8 Å². The third-order valence-corrected chi connectivity index (χ3v) is 6.00. The van der Waals surface area contributed by atoms with Crippen molar-refractivity contribution in [2.75, 3.05) is 13.6 Å². The van der Waals surface area contributed by atoms with Crippen LogP contribution >= 0.6 is 10.7 Å². The Hall–Kier alpha value is -0.960.